The summed E-state index contributed by atoms with van der Waals surface area (Å²) in [6.07, 6.45) is 3.33. The number of nitrogens with one attached hydrogen (secondary N) is 2. The largest absolute Gasteiger partial charge is 0.381 e. The SMILES string of the molecule is CCCCOCCCN=C(NCC)NC1CN(C(C)C)CC1C. The summed E-state index contributed by atoms with van der Waals surface area (Å²) in [7, 11) is 0. The number of ether oxygens (including phenoxy) is 1. The fourth-order valence-corrected chi connectivity index (χ4v) is 2.82. The van der Waals surface area contributed by atoms with Crippen LogP contribution in [0.25, 0.3) is 0 Å². The zero-order chi connectivity index (χ0) is 17.1. The summed E-state index contributed by atoms with van der Waals surface area (Å²) in [5, 5.41) is 6.98. The maximum atomic E-state index is 5.59. The minimum Gasteiger partial charge on any atom is -0.381 e. The minimum absolute atomic E-state index is 0.482. The first-order chi connectivity index (χ1) is 11.1. The number of rotatable bonds is 10. The molecule has 2 unspecified atom stereocenters. The third kappa shape index (κ3) is 8.02. The molecule has 23 heavy (non-hydrogen) atoms. The van der Waals surface area contributed by atoms with Gasteiger partial charge in [0, 0.05) is 51.5 Å². The lowest BCUT2D eigenvalue weighted by atomic mass is 10.1. The van der Waals surface area contributed by atoms with Crippen molar-refractivity contribution in [3.63, 3.8) is 0 Å². The molecule has 5 heteroatoms. The molecule has 0 aromatic rings. The molecule has 5 nitrogen and oxygen atoms in total. The molecule has 0 saturated carbocycles. The van der Waals surface area contributed by atoms with Crippen LogP contribution in [0.4, 0.5) is 0 Å². The van der Waals surface area contributed by atoms with Crippen LogP contribution in [-0.2, 0) is 4.74 Å². The summed E-state index contributed by atoms with van der Waals surface area (Å²) >= 11 is 0. The summed E-state index contributed by atoms with van der Waals surface area (Å²) in [6.45, 7) is 16.8. The van der Waals surface area contributed by atoms with Crippen molar-refractivity contribution in [2.24, 2.45) is 10.9 Å². The lowest BCUT2D eigenvalue weighted by molar-refractivity contribution is 0.130. The first-order valence-electron chi connectivity index (χ1n) is 9.45. The van der Waals surface area contributed by atoms with Gasteiger partial charge in [0.1, 0.15) is 0 Å². The number of unbranched alkanes of at least 4 members (excludes halogenated alkanes) is 1. The molecule has 0 amide bonds. The minimum atomic E-state index is 0.482. The van der Waals surface area contributed by atoms with Crippen LogP contribution in [0.3, 0.4) is 0 Å². The van der Waals surface area contributed by atoms with Gasteiger partial charge in [-0.05, 0) is 39.5 Å². The van der Waals surface area contributed by atoms with Crippen LogP contribution < -0.4 is 10.6 Å². The van der Waals surface area contributed by atoms with E-state index in [0.717, 1.165) is 51.6 Å². The van der Waals surface area contributed by atoms with Crippen LogP contribution in [0.5, 0.6) is 0 Å². The highest BCUT2D eigenvalue weighted by Gasteiger charge is 2.31. The molecule has 1 rings (SSSR count). The summed E-state index contributed by atoms with van der Waals surface area (Å²) in [4.78, 5) is 7.23. The highest BCUT2D eigenvalue weighted by atomic mass is 16.5. The quantitative estimate of drug-likeness (QED) is 0.368. The average Bonchev–Trinajstić information content (AvgIpc) is 2.88. The Labute approximate surface area is 143 Å². The molecule has 136 valence electrons. The van der Waals surface area contributed by atoms with Gasteiger partial charge in [0.25, 0.3) is 0 Å². The van der Waals surface area contributed by atoms with Crippen molar-refractivity contribution in [3.05, 3.63) is 0 Å². The van der Waals surface area contributed by atoms with Crippen LogP contribution in [0.15, 0.2) is 4.99 Å². The van der Waals surface area contributed by atoms with Crippen molar-refractivity contribution in [2.75, 3.05) is 39.4 Å². The lowest BCUT2D eigenvalue weighted by Gasteiger charge is -2.21. The Kier molecular flexibility index (Phi) is 10.3. The maximum Gasteiger partial charge on any atom is 0.191 e. The van der Waals surface area contributed by atoms with Crippen molar-refractivity contribution in [3.8, 4) is 0 Å². The Morgan fingerprint density at radius 1 is 1.22 bits per heavy atom. The van der Waals surface area contributed by atoms with E-state index in [1.54, 1.807) is 0 Å². The molecule has 1 heterocycles. The molecule has 0 aliphatic carbocycles. The third-order valence-corrected chi connectivity index (χ3v) is 4.40. The Balaban J connectivity index is 2.34. The van der Waals surface area contributed by atoms with Crippen LogP contribution in [-0.4, -0.2) is 62.3 Å². The third-order valence-electron chi connectivity index (χ3n) is 4.40. The monoisotopic (exact) mass is 326 g/mol. The van der Waals surface area contributed by atoms with Gasteiger partial charge in [0.2, 0.25) is 0 Å². The van der Waals surface area contributed by atoms with Gasteiger partial charge in [0.15, 0.2) is 5.96 Å². The van der Waals surface area contributed by atoms with Gasteiger partial charge in [-0.15, -0.1) is 0 Å². The summed E-state index contributed by atoms with van der Waals surface area (Å²) < 4.78 is 5.59. The van der Waals surface area contributed by atoms with Gasteiger partial charge < -0.3 is 15.4 Å². The predicted octanol–water partition coefficient (Wildman–Crippen LogP) is 2.48. The number of likely N-dealkylation sites (tertiary alicyclic amines) is 1. The van der Waals surface area contributed by atoms with Gasteiger partial charge in [-0.1, -0.05) is 20.3 Å². The molecular formula is C18H38N4O. The van der Waals surface area contributed by atoms with Crippen LogP contribution >= 0.6 is 0 Å². The molecular weight excluding hydrogens is 288 g/mol. The number of nitrogens with zero attached hydrogens (tertiary/aromatic N) is 2. The average molecular weight is 327 g/mol. The number of guanidine groups is 1. The van der Waals surface area contributed by atoms with E-state index in [0.29, 0.717) is 18.0 Å². The van der Waals surface area contributed by atoms with Crippen molar-refractivity contribution < 1.29 is 4.74 Å². The summed E-state index contributed by atoms with van der Waals surface area (Å²) in [5.41, 5.74) is 0. The molecule has 2 atom stereocenters. The first-order valence-corrected chi connectivity index (χ1v) is 9.45. The van der Waals surface area contributed by atoms with Crippen LogP contribution in [0, 0.1) is 5.92 Å². The van der Waals surface area contributed by atoms with Crippen molar-refractivity contribution in [1.29, 1.82) is 0 Å². The highest BCUT2D eigenvalue weighted by Crippen LogP contribution is 2.18. The molecule has 0 aromatic heterocycles. The van der Waals surface area contributed by atoms with Gasteiger partial charge in [-0.25, -0.2) is 0 Å². The zero-order valence-electron chi connectivity index (χ0n) is 15.9. The van der Waals surface area contributed by atoms with E-state index >= 15 is 0 Å². The van der Waals surface area contributed by atoms with Crippen LogP contribution in [0.1, 0.15) is 53.9 Å². The fraction of sp³-hybridized carbons (Fsp3) is 0.944. The maximum absolute atomic E-state index is 5.59. The second kappa shape index (κ2) is 11.7. The number of hydrogen-bond donors (Lipinski definition) is 2. The van der Waals surface area contributed by atoms with Crippen LogP contribution in [0.2, 0.25) is 0 Å². The molecule has 1 aliphatic rings. The second-order valence-corrected chi connectivity index (χ2v) is 6.86. The smallest absolute Gasteiger partial charge is 0.191 e. The van der Waals surface area contributed by atoms with Gasteiger partial charge >= 0.3 is 0 Å². The number of aliphatic imine (C=N–C) groups is 1. The molecule has 0 spiro atoms. The lowest BCUT2D eigenvalue weighted by Crippen LogP contribution is -2.46. The molecule has 1 aliphatic heterocycles. The van der Waals surface area contributed by atoms with E-state index in [2.05, 4.69) is 50.2 Å². The van der Waals surface area contributed by atoms with Crippen molar-refractivity contribution >= 4 is 5.96 Å². The van der Waals surface area contributed by atoms with E-state index in [1.165, 1.54) is 13.0 Å². The Morgan fingerprint density at radius 2 is 1.96 bits per heavy atom. The highest BCUT2D eigenvalue weighted by molar-refractivity contribution is 5.80. The normalized spacial score (nSPS) is 22.8. The van der Waals surface area contributed by atoms with E-state index in [-0.39, 0.29) is 0 Å². The van der Waals surface area contributed by atoms with Gasteiger partial charge in [-0.3, -0.25) is 9.89 Å². The zero-order valence-corrected chi connectivity index (χ0v) is 15.9. The molecule has 1 saturated heterocycles. The molecule has 0 aromatic carbocycles. The second-order valence-electron chi connectivity index (χ2n) is 6.86. The van der Waals surface area contributed by atoms with E-state index in [9.17, 15) is 0 Å². The van der Waals surface area contributed by atoms with Gasteiger partial charge in [-0.2, -0.15) is 0 Å². The topological polar surface area (TPSA) is 48.9 Å². The Bertz CT molecular complexity index is 333. The van der Waals surface area contributed by atoms with E-state index in [1.807, 2.05) is 0 Å². The standard InChI is InChI=1S/C18H38N4O/c1-6-8-11-23-12-9-10-20-18(19-7-2)21-17-14-22(15(3)4)13-16(17)5/h15-17H,6-14H2,1-5H3,(H2,19,20,21). The van der Waals surface area contributed by atoms with Gasteiger partial charge in [0.05, 0.1) is 0 Å². The number of hydrogen-bond acceptors (Lipinski definition) is 3. The first kappa shape index (κ1) is 20.2. The van der Waals surface area contributed by atoms with E-state index in [4.69, 9.17) is 9.73 Å². The molecule has 0 radical (unpaired) electrons. The molecule has 0 bridgehead atoms. The summed E-state index contributed by atoms with van der Waals surface area (Å²) in [6, 6.07) is 1.10. The molecule has 1 fully saturated rings. The van der Waals surface area contributed by atoms with Crippen molar-refractivity contribution in [1.82, 2.24) is 15.5 Å². The summed E-state index contributed by atoms with van der Waals surface area (Å²) in [5.74, 6) is 1.60. The van der Waals surface area contributed by atoms with Crippen molar-refractivity contribution in [2.45, 2.75) is 66.0 Å². The van der Waals surface area contributed by atoms with E-state index < -0.39 is 0 Å². The Hall–Kier alpha value is -0.810. The Morgan fingerprint density at radius 3 is 2.57 bits per heavy atom. The fourth-order valence-electron chi connectivity index (χ4n) is 2.82. The predicted molar refractivity (Wildman–Crippen MR) is 99.1 cm³/mol. The molecule has 2 N–H and O–H groups in total.